The van der Waals surface area contributed by atoms with Crippen molar-refractivity contribution in [2.75, 3.05) is 17.3 Å². The Hall–Kier alpha value is -0.140. The van der Waals surface area contributed by atoms with E-state index < -0.39 is 25.9 Å². The zero-order valence-corrected chi connectivity index (χ0v) is 10.9. The van der Waals surface area contributed by atoms with Gasteiger partial charge in [0.25, 0.3) is 0 Å². The second-order valence-corrected chi connectivity index (χ2v) is 8.96. The Morgan fingerprint density at radius 2 is 1.88 bits per heavy atom. The molecule has 0 unspecified atom stereocenters. The van der Waals surface area contributed by atoms with Crippen LogP contribution in [0, 0.1) is 11.8 Å². The summed E-state index contributed by atoms with van der Waals surface area (Å²) in [4.78, 5) is 0. The van der Waals surface area contributed by atoms with Crippen molar-refractivity contribution in [2.24, 2.45) is 11.8 Å². The summed E-state index contributed by atoms with van der Waals surface area (Å²) in [6.07, 6.45) is 1.94. The lowest BCUT2D eigenvalue weighted by atomic mass is 10.1. The molecule has 94 valence electrons. The van der Waals surface area contributed by atoms with Crippen LogP contribution in [0.3, 0.4) is 0 Å². The molecule has 1 aliphatic heterocycles. The van der Waals surface area contributed by atoms with Gasteiger partial charge in [-0.25, -0.2) is 21.6 Å². The van der Waals surface area contributed by atoms with Gasteiger partial charge >= 0.3 is 0 Å². The molecular formula is C9H17NO4S2. The van der Waals surface area contributed by atoms with Gasteiger partial charge in [0.05, 0.1) is 17.3 Å². The molecule has 0 amide bonds. The second kappa shape index (κ2) is 3.96. The van der Waals surface area contributed by atoms with Crippen LogP contribution in [0.15, 0.2) is 0 Å². The third-order valence-electron chi connectivity index (χ3n) is 3.12. The topological polar surface area (TPSA) is 80.3 Å². The number of hydrogen-bond acceptors (Lipinski definition) is 4. The highest BCUT2D eigenvalue weighted by molar-refractivity contribution is 7.92. The first-order valence-electron chi connectivity index (χ1n) is 5.48. The highest BCUT2D eigenvalue weighted by Gasteiger charge is 2.38. The van der Waals surface area contributed by atoms with Crippen molar-refractivity contribution in [2.45, 2.75) is 25.8 Å². The summed E-state index contributed by atoms with van der Waals surface area (Å²) >= 11 is 0. The predicted octanol–water partition coefficient (Wildman–Crippen LogP) is -0.251. The SMILES string of the molecule is C[C@H]1CS(=O)(=O)C[C@H]1NS(=O)(=O)CC1CC1. The van der Waals surface area contributed by atoms with Crippen molar-refractivity contribution in [3.63, 3.8) is 0 Å². The van der Waals surface area contributed by atoms with E-state index >= 15 is 0 Å². The molecule has 16 heavy (non-hydrogen) atoms. The number of sulfone groups is 1. The molecule has 5 nitrogen and oxygen atoms in total. The molecule has 1 aliphatic carbocycles. The van der Waals surface area contributed by atoms with E-state index in [1.165, 1.54) is 0 Å². The monoisotopic (exact) mass is 267 g/mol. The summed E-state index contributed by atoms with van der Waals surface area (Å²) in [6.45, 7) is 1.77. The first kappa shape index (κ1) is 12.3. The fourth-order valence-electron chi connectivity index (χ4n) is 2.05. The van der Waals surface area contributed by atoms with E-state index in [2.05, 4.69) is 4.72 Å². The van der Waals surface area contributed by atoms with Crippen LogP contribution in [0.2, 0.25) is 0 Å². The molecule has 2 aliphatic rings. The minimum atomic E-state index is -3.30. The van der Waals surface area contributed by atoms with Gasteiger partial charge in [-0.05, 0) is 24.7 Å². The zero-order chi connectivity index (χ0) is 12.0. The quantitative estimate of drug-likeness (QED) is 0.761. The minimum absolute atomic E-state index is 0.0575. The number of nitrogens with one attached hydrogen (secondary N) is 1. The molecule has 7 heteroatoms. The van der Waals surface area contributed by atoms with Crippen LogP contribution < -0.4 is 4.72 Å². The molecule has 0 radical (unpaired) electrons. The first-order valence-corrected chi connectivity index (χ1v) is 8.95. The van der Waals surface area contributed by atoms with Crippen molar-refractivity contribution in [3.8, 4) is 0 Å². The van der Waals surface area contributed by atoms with Crippen LogP contribution in [0.5, 0.6) is 0 Å². The van der Waals surface area contributed by atoms with Crippen LogP contribution in [0.1, 0.15) is 19.8 Å². The molecule has 0 aromatic rings. The van der Waals surface area contributed by atoms with Gasteiger partial charge in [0.15, 0.2) is 9.84 Å². The number of rotatable bonds is 4. The Labute approximate surface area is 96.6 Å². The molecule has 0 aromatic heterocycles. The van der Waals surface area contributed by atoms with Gasteiger partial charge in [-0.1, -0.05) is 6.92 Å². The lowest BCUT2D eigenvalue weighted by Crippen LogP contribution is -2.40. The first-order chi connectivity index (χ1) is 7.27. The van der Waals surface area contributed by atoms with Gasteiger partial charge in [-0.15, -0.1) is 0 Å². The van der Waals surface area contributed by atoms with Crippen molar-refractivity contribution in [1.29, 1.82) is 0 Å². The third-order valence-corrected chi connectivity index (χ3v) is 6.59. The zero-order valence-electron chi connectivity index (χ0n) is 9.22. The summed E-state index contributed by atoms with van der Waals surface area (Å²) in [5.74, 6) is 0.336. The highest BCUT2D eigenvalue weighted by Crippen LogP contribution is 2.30. The maximum atomic E-state index is 11.7. The normalized spacial score (nSPS) is 34.1. The van der Waals surface area contributed by atoms with E-state index in [4.69, 9.17) is 0 Å². The Morgan fingerprint density at radius 1 is 1.25 bits per heavy atom. The maximum Gasteiger partial charge on any atom is 0.212 e. The fourth-order valence-corrected chi connectivity index (χ4v) is 6.11. The average molecular weight is 267 g/mol. The molecule has 1 heterocycles. The van der Waals surface area contributed by atoms with Crippen LogP contribution >= 0.6 is 0 Å². The summed E-state index contributed by atoms with van der Waals surface area (Å²) in [7, 11) is -6.36. The number of hydrogen-bond donors (Lipinski definition) is 1. The fraction of sp³-hybridized carbons (Fsp3) is 1.00. The van der Waals surface area contributed by atoms with E-state index in [0.29, 0.717) is 0 Å². The maximum absolute atomic E-state index is 11.7. The standard InChI is InChI=1S/C9H17NO4S2/c1-7-4-15(11,12)6-9(7)10-16(13,14)5-8-2-3-8/h7-10H,2-6H2,1H3/t7-,9+/m0/s1. The van der Waals surface area contributed by atoms with Crippen LogP contribution in [-0.4, -0.2) is 40.1 Å². The van der Waals surface area contributed by atoms with Gasteiger partial charge in [0.1, 0.15) is 0 Å². The summed E-state index contributed by atoms with van der Waals surface area (Å²) < 4.78 is 48.6. The molecule has 0 spiro atoms. The van der Waals surface area contributed by atoms with Gasteiger partial charge in [0.2, 0.25) is 10.0 Å². The van der Waals surface area contributed by atoms with Crippen LogP contribution in [-0.2, 0) is 19.9 Å². The highest BCUT2D eigenvalue weighted by atomic mass is 32.2. The van der Waals surface area contributed by atoms with Crippen molar-refractivity contribution < 1.29 is 16.8 Å². The Bertz CT molecular complexity index is 464. The average Bonchev–Trinajstić information content (AvgIpc) is 2.79. The van der Waals surface area contributed by atoms with Gasteiger partial charge in [-0.2, -0.15) is 0 Å². The van der Waals surface area contributed by atoms with Crippen molar-refractivity contribution in [3.05, 3.63) is 0 Å². The minimum Gasteiger partial charge on any atom is -0.229 e. The van der Waals surface area contributed by atoms with Crippen LogP contribution in [0.4, 0.5) is 0 Å². The molecule has 2 fully saturated rings. The Morgan fingerprint density at radius 3 is 2.31 bits per heavy atom. The summed E-state index contributed by atoms with van der Waals surface area (Å²) in [5.41, 5.74) is 0. The van der Waals surface area contributed by atoms with Gasteiger partial charge in [0, 0.05) is 6.04 Å². The number of sulfonamides is 1. The molecule has 2 rings (SSSR count). The largest absolute Gasteiger partial charge is 0.229 e. The van der Waals surface area contributed by atoms with Crippen molar-refractivity contribution in [1.82, 2.24) is 4.72 Å². The Balaban J connectivity index is 1.99. The smallest absolute Gasteiger partial charge is 0.212 e. The lowest BCUT2D eigenvalue weighted by molar-refractivity contribution is 0.501. The molecule has 1 saturated heterocycles. The van der Waals surface area contributed by atoms with E-state index in [0.717, 1.165) is 12.8 Å². The molecule has 2 atom stereocenters. The molecule has 1 saturated carbocycles. The Kier molecular flexibility index (Phi) is 3.05. The van der Waals surface area contributed by atoms with E-state index in [1.807, 2.05) is 0 Å². The molecule has 1 N–H and O–H groups in total. The second-order valence-electron chi connectivity index (χ2n) is 5.00. The summed E-state index contributed by atoms with van der Waals surface area (Å²) in [5, 5.41) is 0. The van der Waals surface area contributed by atoms with Crippen LogP contribution in [0.25, 0.3) is 0 Å². The van der Waals surface area contributed by atoms with Gasteiger partial charge < -0.3 is 0 Å². The summed E-state index contributed by atoms with van der Waals surface area (Å²) in [6, 6.07) is -0.436. The molecule has 0 bridgehead atoms. The van der Waals surface area contributed by atoms with Gasteiger partial charge in [-0.3, -0.25) is 0 Å². The van der Waals surface area contributed by atoms with Crippen molar-refractivity contribution >= 4 is 19.9 Å². The van der Waals surface area contributed by atoms with E-state index in [-0.39, 0.29) is 29.1 Å². The van der Waals surface area contributed by atoms with E-state index in [1.54, 1.807) is 6.92 Å². The van der Waals surface area contributed by atoms with E-state index in [9.17, 15) is 16.8 Å². The lowest BCUT2D eigenvalue weighted by Gasteiger charge is -2.15. The third kappa shape index (κ3) is 3.18. The predicted molar refractivity (Wildman–Crippen MR) is 61.3 cm³/mol. The molecular weight excluding hydrogens is 250 g/mol. The molecule has 0 aromatic carbocycles.